The average molecular weight is 345 g/mol. The van der Waals surface area contributed by atoms with Crippen LogP contribution in [0.4, 0.5) is 0 Å². The molecule has 19 heavy (non-hydrogen) atoms. The molecular formula is C14H15BrClNO2. The number of esters is 1. The minimum Gasteiger partial charge on any atom is -0.424 e. The number of alkyl halides is 1. The minimum atomic E-state index is -0.552. The summed E-state index contributed by atoms with van der Waals surface area (Å²) >= 11 is 9.73. The Kier molecular flexibility index (Phi) is 3.92. The molecule has 0 radical (unpaired) electrons. The minimum absolute atomic E-state index is 0.284. The van der Waals surface area contributed by atoms with Gasteiger partial charge in [0.25, 0.3) is 0 Å². The van der Waals surface area contributed by atoms with E-state index in [0.717, 1.165) is 16.5 Å². The predicted octanol–water partition coefficient (Wildman–Crippen LogP) is 4.67. The number of carbonyl (C=O) groups is 1. The monoisotopic (exact) mass is 343 g/mol. The second-order valence-corrected chi connectivity index (χ2v) is 6.33. The first-order valence-electron chi connectivity index (χ1n) is 5.91. The average Bonchev–Trinajstić information content (AvgIpc) is 2.72. The van der Waals surface area contributed by atoms with Crippen molar-refractivity contribution >= 4 is 44.4 Å². The summed E-state index contributed by atoms with van der Waals surface area (Å²) in [4.78, 5) is 15.0. The van der Waals surface area contributed by atoms with Crippen LogP contribution < -0.4 is 4.74 Å². The molecule has 0 aliphatic carbocycles. The van der Waals surface area contributed by atoms with Gasteiger partial charge in [-0.2, -0.15) is 0 Å². The second kappa shape index (κ2) is 5.17. The highest BCUT2D eigenvalue weighted by atomic mass is 79.9. The molecule has 0 atom stereocenters. The third-order valence-corrected chi connectivity index (χ3v) is 3.82. The summed E-state index contributed by atoms with van der Waals surface area (Å²) in [6.45, 7) is 5.45. The number of benzene rings is 1. The fourth-order valence-corrected chi connectivity index (χ4v) is 2.59. The third-order valence-electron chi connectivity index (χ3n) is 2.79. The maximum Gasteiger partial charge on any atom is 0.316 e. The van der Waals surface area contributed by atoms with Crippen LogP contribution in [0, 0.1) is 5.41 Å². The van der Waals surface area contributed by atoms with Crippen LogP contribution in [0.2, 0.25) is 5.02 Å². The number of halogens is 2. The smallest absolute Gasteiger partial charge is 0.316 e. The van der Waals surface area contributed by atoms with Gasteiger partial charge in [0.05, 0.1) is 21.3 Å². The molecule has 2 aromatic rings. The van der Waals surface area contributed by atoms with Crippen LogP contribution in [-0.2, 0) is 10.1 Å². The Morgan fingerprint density at radius 2 is 2.11 bits per heavy atom. The highest BCUT2D eigenvalue weighted by Gasteiger charge is 2.25. The van der Waals surface area contributed by atoms with Gasteiger partial charge in [0.15, 0.2) is 5.75 Å². The van der Waals surface area contributed by atoms with Crippen LogP contribution in [0.3, 0.4) is 0 Å². The van der Waals surface area contributed by atoms with Gasteiger partial charge in [-0.15, -0.1) is 0 Å². The van der Waals surface area contributed by atoms with E-state index in [-0.39, 0.29) is 5.97 Å². The topological polar surface area (TPSA) is 42.1 Å². The van der Waals surface area contributed by atoms with Crippen LogP contribution in [0.15, 0.2) is 18.3 Å². The first kappa shape index (κ1) is 14.4. The molecule has 0 fully saturated rings. The Balaban J connectivity index is 2.48. The van der Waals surface area contributed by atoms with Gasteiger partial charge in [-0.1, -0.05) is 33.6 Å². The first-order valence-corrected chi connectivity index (χ1v) is 7.41. The highest BCUT2D eigenvalue weighted by Crippen LogP contribution is 2.36. The SMILES string of the molecule is CC(C)(C)C(=O)Oc1c[nH]c2ccc(CBr)c(Cl)c12. The number of ether oxygens (including phenoxy) is 1. The molecule has 0 aliphatic rings. The Labute approximate surface area is 125 Å². The Morgan fingerprint density at radius 3 is 2.68 bits per heavy atom. The molecule has 102 valence electrons. The van der Waals surface area contributed by atoms with Crippen LogP contribution >= 0.6 is 27.5 Å². The summed E-state index contributed by atoms with van der Waals surface area (Å²) in [5, 5.41) is 2.00. The molecule has 0 aliphatic heterocycles. The second-order valence-electron chi connectivity index (χ2n) is 5.39. The number of rotatable bonds is 2. The van der Waals surface area contributed by atoms with E-state index in [4.69, 9.17) is 16.3 Å². The lowest BCUT2D eigenvalue weighted by atomic mass is 9.97. The lowest BCUT2D eigenvalue weighted by Crippen LogP contribution is -2.25. The summed E-state index contributed by atoms with van der Waals surface area (Å²) in [6.07, 6.45) is 1.66. The maximum atomic E-state index is 12.0. The summed E-state index contributed by atoms with van der Waals surface area (Å²) in [6, 6.07) is 3.86. The largest absolute Gasteiger partial charge is 0.424 e. The first-order chi connectivity index (χ1) is 8.84. The van der Waals surface area contributed by atoms with Crippen molar-refractivity contribution in [2.75, 3.05) is 0 Å². The van der Waals surface area contributed by atoms with Gasteiger partial charge in [0.2, 0.25) is 0 Å². The third kappa shape index (κ3) is 2.79. The van der Waals surface area contributed by atoms with Crippen LogP contribution in [0.1, 0.15) is 26.3 Å². The van der Waals surface area contributed by atoms with Gasteiger partial charge in [-0.05, 0) is 32.4 Å². The standard InChI is InChI=1S/C14H15BrClNO2/c1-14(2,3)13(18)19-10-7-17-9-5-4-8(6-15)12(16)11(9)10/h4-5,7,17H,6H2,1-3H3. The van der Waals surface area contributed by atoms with Gasteiger partial charge in [0, 0.05) is 11.5 Å². The Morgan fingerprint density at radius 1 is 1.42 bits per heavy atom. The zero-order chi connectivity index (χ0) is 14.2. The number of fused-ring (bicyclic) bond motifs is 1. The number of aromatic amines is 1. The van der Waals surface area contributed by atoms with E-state index in [9.17, 15) is 4.79 Å². The van der Waals surface area contributed by atoms with E-state index in [1.54, 1.807) is 6.20 Å². The van der Waals surface area contributed by atoms with Gasteiger partial charge < -0.3 is 9.72 Å². The lowest BCUT2D eigenvalue weighted by molar-refractivity contribution is -0.142. The van der Waals surface area contributed by atoms with E-state index < -0.39 is 5.41 Å². The van der Waals surface area contributed by atoms with Crippen LogP contribution in [-0.4, -0.2) is 11.0 Å². The molecule has 5 heteroatoms. The van der Waals surface area contributed by atoms with Crippen LogP contribution in [0.5, 0.6) is 5.75 Å². The molecule has 0 spiro atoms. The van der Waals surface area contributed by atoms with Crippen molar-refractivity contribution in [1.82, 2.24) is 4.98 Å². The van der Waals surface area contributed by atoms with E-state index in [1.807, 2.05) is 32.9 Å². The maximum absolute atomic E-state index is 12.0. The molecule has 0 bridgehead atoms. The van der Waals surface area contributed by atoms with Crippen molar-refractivity contribution < 1.29 is 9.53 Å². The van der Waals surface area contributed by atoms with Gasteiger partial charge in [-0.25, -0.2) is 0 Å². The molecule has 0 saturated carbocycles. The number of carbonyl (C=O) groups excluding carboxylic acids is 1. The summed E-state index contributed by atoms with van der Waals surface area (Å²) in [7, 11) is 0. The van der Waals surface area contributed by atoms with Crippen molar-refractivity contribution in [1.29, 1.82) is 0 Å². The quantitative estimate of drug-likeness (QED) is 0.635. The zero-order valence-corrected chi connectivity index (χ0v) is 13.4. The molecule has 0 saturated heterocycles. The van der Waals surface area contributed by atoms with Gasteiger partial charge >= 0.3 is 5.97 Å². The molecule has 1 aromatic heterocycles. The Hall–Kier alpha value is -1.000. The zero-order valence-electron chi connectivity index (χ0n) is 11.0. The molecule has 0 amide bonds. The molecule has 1 heterocycles. The summed E-state index contributed by atoms with van der Waals surface area (Å²) < 4.78 is 5.44. The molecular weight excluding hydrogens is 330 g/mol. The van der Waals surface area contributed by atoms with E-state index in [2.05, 4.69) is 20.9 Å². The molecule has 0 unspecified atom stereocenters. The fourth-order valence-electron chi connectivity index (χ4n) is 1.63. The number of hydrogen-bond donors (Lipinski definition) is 1. The Bertz CT molecular complexity index is 628. The van der Waals surface area contributed by atoms with E-state index in [0.29, 0.717) is 16.1 Å². The molecule has 1 aromatic carbocycles. The molecule has 3 nitrogen and oxygen atoms in total. The van der Waals surface area contributed by atoms with Crippen molar-refractivity contribution in [3.05, 3.63) is 28.9 Å². The van der Waals surface area contributed by atoms with Crippen molar-refractivity contribution in [2.45, 2.75) is 26.1 Å². The molecule has 2 rings (SSSR count). The van der Waals surface area contributed by atoms with Crippen molar-refractivity contribution in [3.63, 3.8) is 0 Å². The highest BCUT2D eigenvalue weighted by molar-refractivity contribution is 9.08. The van der Waals surface area contributed by atoms with E-state index >= 15 is 0 Å². The van der Waals surface area contributed by atoms with E-state index in [1.165, 1.54) is 0 Å². The molecule has 1 N–H and O–H groups in total. The summed E-state index contributed by atoms with van der Waals surface area (Å²) in [5.41, 5.74) is 1.26. The van der Waals surface area contributed by atoms with Crippen molar-refractivity contribution in [3.8, 4) is 5.75 Å². The van der Waals surface area contributed by atoms with Gasteiger partial charge in [0.1, 0.15) is 0 Å². The lowest BCUT2D eigenvalue weighted by Gasteiger charge is -2.16. The summed E-state index contributed by atoms with van der Waals surface area (Å²) in [5.74, 6) is 0.191. The van der Waals surface area contributed by atoms with Crippen molar-refractivity contribution in [2.24, 2.45) is 5.41 Å². The van der Waals surface area contributed by atoms with Crippen LogP contribution in [0.25, 0.3) is 10.9 Å². The normalized spacial score (nSPS) is 11.8. The van der Waals surface area contributed by atoms with Gasteiger partial charge in [-0.3, -0.25) is 4.79 Å². The number of aromatic nitrogens is 1. The predicted molar refractivity (Wildman–Crippen MR) is 81.0 cm³/mol. The fraction of sp³-hybridized carbons (Fsp3) is 0.357. The number of nitrogens with one attached hydrogen (secondary N) is 1. The number of hydrogen-bond acceptors (Lipinski definition) is 2. The number of H-pyrrole nitrogens is 1.